The van der Waals surface area contributed by atoms with Crippen LogP contribution < -0.4 is 5.32 Å². The largest absolute Gasteiger partial charge is 0.365 e. The first-order chi connectivity index (χ1) is 11.3. The first-order valence-electron chi connectivity index (χ1n) is 7.61. The molecule has 0 unspecified atom stereocenters. The van der Waals surface area contributed by atoms with Gasteiger partial charge in [0.2, 0.25) is 0 Å². The normalized spacial score (nSPS) is 11.2. The van der Waals surface area contributed by atoms with Gasteiger partial charge in [-0.2, -0.15) is 0 Å². The predicted octanol–water partition coefficient (Wildman–Crippen LogP) is 3.01. The monoisotopic (exact) mass is 304 g/mol. The highest BCUT2D eigenvalue weighted by Gasteiger charge is 2.09. The number of hydrogen-bond acceptors (Lipinski definition) is 5. The van der Waals surface area contributed by atoms with Crippen LogP contribution in [0.3, 0.4) is 0 Å². The number of hydrogen-bond donors (Lipinski definition) is 1. The zero-order valence-electron chi connectivity index (χ0n) is 12.8. The van der Waals surface area contributed by atoms with Crippen molar-refractivity contribution < 1.29 is 0 Å². The summed E-state index contributed by atoms with van der Waals surface area (Å²) >= 11 is 0. The first kappa shape index (κ1) is 13.6. The summed E-state index contributed by atoms with van der Waals surface area (Å²) in [4.78, 5) is 8.76. The van der Waals surface area contributed by atoms with Crippen molar-refractivity contribution in [1.29, 1.82) is 0 Å². The molecule has 0 aliphatic heterocycles. The quantitative estimate of drug-likeness (QED) is 0.627. The highest BCUT2D eigenvalue weighted by atomic mass is 15.4. The molecule has 4 rings (SSSR count). The van der Waals surface area contributed by atoms with Crippen LogP contribution in [0.1, 0.15) is 12.5 Å². The van der Waals surface area contributed by atoms with Crippen molar-refractivity contribution in [2.24, 2.45) is 0 Å². The molecule has 0 bridgehead atoms. The molecule has 0 atom stereocenters. The summed E-state index contributed by atoms with van der Waals surface area (Å²) in [6, 6.07) is 14.3. The lowest BCUT2D eigenvalue weighted by atomic mass is 10.2. The Bertz CT molecular complexity index is 961. The van der Waals surface area contributed by atoms with E-state index in [0.717, 1.165) is 34.3 Å². The third kappa shape index (κ3) is 2.48. The van der Waals surface area contributed by atoms with Crippen molar-refractivity contribution in [3.05, 3.63) is 54.4 Å². The molecule has 0 spiro atoms. The van der Waals surface area contributed by atoms with Gasteiger partial charge in [-0.15, -0.1) is 5.10 Å². The molecule has 4 aromatic rings. The van der Waals surface area contributed by atoms with E-state index < -0.39 is 0 Å². The summed E-state index contributed by atoms with van der Waals surface area (Å²) in [5.74, 6) is 0.812. The number of fused-ring (bicyclic) bond motifs is 2. The molecule has 2 aromatic heterocycles. The predicted molar refractivity (Wildman–Crippen MR) is 90.1 cm³/mol. The minimum absolute atomic E-state index is 0.715. The van der Waals surface area contributed by atoms with Gasteiger partial charge in [0, 0.05) is 18.5 Å². The number of anilines is 1. The van der Waals surface area contributed by atoms with Crippen LogP contribution in [-0.2, 0) is 13.1 Å². The van der Waals surface area contributed by atoms with Crippen molar-refractivity contribution in [3.8, 4) is 0 Å². The molecule has 6 heteroatoms. The van der Waals surface area contributed by atoms with E-state index in [2.05, 4.69) is 37.7 Å². The Labute approximate surface area is 133 Å². The van der Waals surface area contributed by atoms with Crippen molar-refractivity contribution in [2.45, 2.75) is 20.0 Å². The van der Waals surface area contributed by atoms with Gasteiger partial charge in [-0.25, -0.2) is 14.6 Å². The van der Waals surface area contributed by atoms with E-state index in [1.54, 1.807) is 6.33 Å². The number of nitrogens with zero attached hydrogens (tertiary/aromatic N) is 5. The second-order valence-electron chi connectivity index (χ2n) is 5.32. The maximum absolute atomic E-state index is 4.38. The van der Waals surface area contributed by atoms with Crippen molar-refractivity contribution in [3.63, 3.8) is 0 Å². The van der Waals surface area contributed by atoms with Crippen LogP contribution in [0.25, 0.3) is 21.9 Å². The first-order valence-corrected chi connectivity index (χ1v) is 7.61. The third-order valence-electron chi connectivity index (χ3n) is 3.87. The standard InChI is InChI=1S/C17H16N6/c1-2-23-16-9-14-13(8-15(16)21-22-23)17(20-11-19-14)18-10-12-6-4-3-5-7-12/h3-9,11H,2,10H2,1H3,(H,18,19,20). The molecule has 0 radical (unpaired) electrons. The van der Waals surface area contributed by atoms with E-state index in [9.17, 15) is 0 Å². The SMILES string of the molecule is CCn1nnc2cc3c(NCc4ccccc4)ncnc3cc21. The fourth-order valence-corrected chi connectivity index (χ4v) is 2.67. The average molecular weight is 304 g/mol. The Hall–Kier alpha value is -3.02. The highest BCUT2D eigenvalue weighted by Crippen LogP contribution is 2.24. The summed E-state index contributed by atoms with van der Waals surface area (Å²) < 4.78 is 1.87. The van der Waals surface area contributed by atoms with Crippen molar-refractivity contribution in [2.75, 3.05) is 5.32 Å². The van der Waals surface area contributed by atoms with E-state index in [-0.39, 0.29) is 0 Å². The molecule has 2 aromatic carbocycles. The van der Waals surface area contributed by atoms with E-state index in [1.165, 1.54) is 5.56 Å². The molecule has 0 saturated heterocycles. The van der Waals surface area contributed by atoms with Gasteiger partial charge in [0.05, 0.1) is 11.0 Å². The van der Waals surface area contributed by atoms with Crippen molar-refractivity contribution >= 4 is 27.8 Å². The molecule has 0 saturated carbocycles. The fraction of sp³-hybridized carbons (Fsp3) is 0.176. The number of aryl methyl sites for hydroxylation is 1. The summed E-state index contributed by atoms with van der Waals surface area (Å²) in [7, 11) is 0. The van der Waals surface area contributed by atoms with Crippen LogP contribution in [0.15, 0.2) is 48.8 Å². The lowest BCUT2D eigenvalue weighted by Crippen LogP contribution is -2.02. The van der Waals surface area contributed by atoms with Gasteiger partial charge >= 0.3 is 0 Å². The molecule has 0 amide bonds. The summed E-state index contributed by atoms with van der Waals surface area (Å²) in [5.41, 5.74) is 3.95. The molecule has 23 heavy (non-hydrogen) atoms. The molecule has 0 fully saturated rings. The van der Waals surface area contributed by atoms with E-state index in [0.29, 0.717) is 6.54 Å². The van der Waals surface area contributed by atoms with Crippen LogP contribution in [0, 0.1) is 0 Å². The Morgan fingerprint density at radius 3 is 2.74 bits per heavy atom. The Morgan fingerprint density at radius 1 is 1.04 bits per heavy atom. The van der Waals surface area contributed by atoms with Gasteiger partial charge in [0.15, 0.2) is 0 Å². The van der Waals surface area contributed by atoms with Gasteiger partial charge < -0.3 is 5.32 Å². The smallest absolute Gasteiger partial charge is 0.137 e. The molecule has 114 valence electrons. The van der Waals surface area contributed by atoms with Crippen LogP contribution in [-0.4, -0.2) is 25.0 Å². The molecule has 6 nitrogen and oxygen atoms in total. The number of aromatic nitrogens is 5. The molecule has 0 aliphatic carbocycles. The van der Waals surface area contributed by atoms with E-state index >= 15 is 0 Å². The second kappa shape index (κ2) is 5.64. The molecule has 0 aliphatic rings. The summed E-state index contributed by atoms with van der Waals surface area (Å²) in [6.45, 7) is 3.55. The van der Waals surface area contributed by atoms with Crippen molar-refractivity contribution in [1.82, 2.24) is 25.0 Å². The summed E-state index contributed by atoms with van der Waals surface area (Å²) in [5, 5.41) is 12.7. The number of rotatable bonds is 4. The van der Waals surface area contributed by atoms with Gasteiger partial charge in [0.1, 0.15) is 17.7 Å². The molecular weight excluding hydrogens is 288 g/mol. The van der Waals surface area contributed by atoms with Crippen LogP contribution in [0.2, 0.25) is 0 Å². The van der Waals surface area contributed by atoms with Gasteiger partial charge in [-0.05, 0) is 24.6 Å². The number of benzene rings is 2. The van der Waals surface area contributed by atoms with Crippen LogP contribution in [0.5, 0.6) is 0 Å². The lowest BCUT2D eigenvalue weighted by Gasteiger charge is -2.08. The minimum Gasteiger partial charge on any atom is -0.365 e. The van der Waals surface area contributed by atoms with Crippen LogP contribution in [0.4, 0.5) is 5.82 Å². The van der Waals surface area contributed by atoms with E-state index in [1.807, 2.05) is 41.9 Å². The maximum Gasteiger partial charge on any atom is 0.137 e. The molecular formula is C17H16N6. The van der Waals surface area contributed by atoms with E-state index in [4.69, 9.17) is 0 Å². The minimum atomic E-state index is 0.715. The Morgan fingerprint density at radius 2 is 1.91 bits per heavy atom. The molecule has 2 heterocycles. The summed E-state index contributed by atoms with van der Waals surface area (Å²) in [6.07, 6.45) is 1.58. The van der Waals surface area contributed by atoms with Gasteiger partial charge in [-0.1, -0.05) is 35.5 Å². The van der Waals surface area contributed by atoms with Gasteiger partial charge in [-0.3, -0.25) is 0 Å². The number of nitrogens with one attached hydrogen (secondary N) is 1. The van der Waals surface area contributed by atoms with Gasteiger partial charge in [0.25, 0.3) is 0 Å². The maximum atomic E-state index is 4.38. The second-order valence-corrected chi connectivity index (χ2v) is 5.32. The molecule has 1 N–H and O–H groups in total. The topological polar surface area (TPSA) is 68.5 Å². The zero-order valence-corrected chi connectivity index (χ0v) is 12.8. The van der Waals surface area contributed by atoms with Crippen LogP contribution >= 0.6 is 0 Å². The third-order valence-corrected chi connectivity index (χ3v) is 3.87. The lowest BCUT2D eigenvalue weighted by molar-refractivity contribution is 0.646. The highest BCUT2D eigenvalue weighted by molar-refractivity contribution is 5.98. The fourth-order valence-electron chi connectivity index (χ4n) is 2.67. The average Bonchev–Trinajstić information content (AvgIpc) is 3.01. The Balaban J connectivity index is 1.75. The Kier molecular flexibility index (Phi) is 3.34. The zero-order chi connectivity index (χ0) is 15.6.